The number of hydrogen-bond donors (Lipinski definition) is 2. The van der Waals surface area contributed by atoms with E-state index >= 15 is 0 Å². The van der Waals surface area contributed by atoms with Crippen LogP contribution in [-0.4, -0.2) is 20.2 Å². The smallest absolute Gasteiger partial charge is 0.137 e. The Hall–Kier alpha value is -2.10. The van der Waals surface area contributed by atoms with E-state index in [0.29, 0.717) is 0 Å². The molecule has 0 spiro atoms. The van der Waals surface area contributed by atoms with E-state index in [1.807, 2.05) is 24.5 Å². The fourth-order valence-corrected chi connectivity index (χ4v) is 1.82. The van der Waals surface area contributed by atoms with E-state index in [-0.39, 0.29) is 0 Å². The van der Waals surface area contributed by atoms with Crippen molar-refractivity contribution >= 4 is 11.0 Å². The first-order chi connectivity index (χ1) is 7.36. The van der Waals surface area contributed by atoms with Crippen LogP contribution < -0.4 is 0 Å². The van der Waals surface area contributed by atoms with Crippen molar-refractivity contribution in [2.45, 2.75) is 6.92 Å². The molecule has 3 aromatic heterocycles. The molecule has 0 saturated heterocycles. The summed E-state index contributed by atoms with van der Waals surface area (Å²) in [5, 5.41) is 8.05. The maximum atomic E-state index is 4.35. The number of aromatic nitrogens is 4. The first-order valence-corrected chi connectivity index (χ1v) is 4.78. The predicted molar refractivity (Wildman–Crippen MR) is 58.4 cm³/mol. The average molecular weight is 198 g/mol. The summed E-state index contributed by atoms with van der Waals surface area (Å²) in [5.41, 5.74) is 4.24. The molecule has 0 aliphatic rings. The van der Waals surface area contributed by atoms with Crippen LogP contribution in [0.1, 0.15) is 5.56 Å². The van der Waals surface area contributed by atoms with E-state index in [1.165, 1.54) is 5.56 Å². The fourth-order valence-electron chi connectivity index (χ4n) is 1.82. The molecule has 0 aliphatic heterocycles. The summed E-state index contributed by atoms with van der Waals surface area (Å²) in [6.45, 7) is 2.09. The highest BCUT2D eigenvalue weighted by Gasteiger charge is 2.07. The number of rotatable bonds is 1. The van der Waals surface area contributed by atoms with Gasteiger partial charge in [-0.3, -0.25) is 5.10 Å². The Balaban J connectivity index is 2.32. The summed E-state index contributed by atoms with van der Waals surface area (Å²) in [4.78, 5) is 7.45. The molecule has 4 nitrogen and oxygen atoms in total. The lowest BCUT2D eigenvalue weighted by molar-refractivity contribution is 1.09. The van der Waals surface area contributed by atoms with Crippen molar-refractivity contribution in [2.24, 2.45) is 0 Å². The zero-order chi connectivity index (χ0) is 10.3. The number of fused-ring (bicyclic) bond motifs is 1. The topological polar surface area (TPSA) is 57.4 Å². The SMILES string of the molecule is Cc1c(-c2ccn[nH]2)cnc2[nH]ccc12. The second-order valence-electron chi connectivity index (χ2n) is 3.51. The van der Waals surface area contributed by atoms with E-state index in [0.717, 1.165) is 22.3 Å². The zero-order valence-corrected chi connectivity index (χ0v) is 8.28. The quantitative estimate of drug-likeness (QED) is 0.630. The molecule has 2 N–H and O–H groups in total. The molecule has 0 aliphatic carbocycles. The lowest BCUT2D eigenvalue weighted by atomic mass is 10.1. The minimum absolute atomic E-state index is 0.927. The number of hydrogen-bond acceptors (Lipinski definition) is 2. The Morgan fingerprint density at radius 3 is 3.00 bits per heavy atom. The van der Waals surface area contributed by atoms with Gasteiger partial charge in [0.15, 0.2) is 0 Å². The maximum Gasteiger partial charge on any atom is 0.137 e. The van der Waals surface area contributed by atoms with E-state index in [2.05, 4.69) is 27.1 Å². The third kappa shape index (κ3) is 1.15. The standard InChI is InChI=1S/C11H10N4/c1-7-8-2-4-12-11(8)13-6-9(7)10-3-5-14-15-10/h2-6H,1H3,(H,12,13)(H,14,15). The average Bonchev–Trinajstić information content (AvgIpc) is 2.87. The van der Waals surface area contributed by atoms with Gasteiger partial charge < -0.3 is 4.98 Å². The van der Waals surface area contributed by atoms with Crippen LogP contribution in [-0.2, 0) is 0 Å². The van der Waals surface area contributed by atoms with E-state index in [1.54, 1.807) is 6.20 Å². The van der Waals surface area contributed by atoms with Crippen molar-refractivity contribution in [3.05, 3.63) is 36.3 Å². The van der Waals surface area contributed by atoms with Gasteiger partial charge in [0.1, 0.15) is 5.65 Å². The van der Waals surface area contributed by atoms with Gasteiger partial charge in [-0.1, -0.05) is 0 Å². The Bertz CT molecular complexity index is 592. The molecule has 0 radical (unpaired) electrons. The van der Waals surface area contributed by atoms with Gasteiger partial charge in [-0.15, -0.1) is 0 Å². The highest BCUT2D eigenvalue weighted by atomic mass is 15.1. The van der Waals surface area contributed by atoms with E-state index in [9.17, 15) is 0 Å². The van der Waals surface area contributed by atoms with Gasteiger partial charge in [0.25, 0.3) is 0 Å². The summed E-state index contributed by atoms with van der Waals surface area (Å²) >= 11 is 0. The maximum absolute atomic E-state index is 4.35. The van der Waals surface area contributed by atoms with Crippen molar-refractivity contribution in [3.63, 3.8) is 0 Å². The first-order valence-electron chi connectivity index (χ1n) is 4.78. The highest BCUT2D eigenvalue weighted by Crippen LogP contribution is 2.25. The van der Waals surface area contributed by atoms with Gasteiger partial charge in [0.2, 0.25) is 0 Å². The summed E-state index contributed by atoms with van der Waals surface area (Å²) in [5.74, 6) is 0. The number of nitrogens with one attached hydrogen (secondary N) is 2. The minimum atomic E-state index is 0.927. The fraction of sp³-hybridized carbons (Fsp3) is 0.0909. The molecule has 74 valence electrons. The molecule has 3 rings (SSSR count). The Labute approximate surface area is 86.4 Å². The van der Waals surface area contributed by atoms with Gasteiger partial charge in [0.05, 0.1) is 5.69 Å². The monoisotopic (exact) mass is 198 g/mol. The number of pyridine rings is 1. The second kappa shape index (κ2) is 2.95. The van der Waals surface area contributed by atoms with E-state index in [4.69, 9.17) is 0 Å². The zero-order valence-electron chi connectivity index (χ0n) is 8.28. The van der Waals surface area contributed by atoms with Crippen LogP contribution in [0.2, 0.25) is 0 Å². The van der Waals surface area contributed by atoms with Crippen LogP contribution in [0, 0.1) is 6.92 Å². The minimum Gasteiger partial charge on any atom is -0.346 e. The number of H-pyrrole nitrogens is 2. The van der Waals surface area contributed by atoms with Crippen LogP contribution in [0.5, 0.6) is 0 Å². The Kier molecular flexibility index (Phi) is 1.62. The van der Waals surface area contributed by atoms with Crippen molar-refractivity contribution < 1.29 is 0 Å². The van der Waals surface area contributed by atoms with Crippen LogP contribution >= 0.6 is 0 Å². The molecular weight excluding hydrogens is 188 g/mol. The molecule has 15 heavy (non-hydrogen) atoms. The van der Waals surface area contributed by atoms with Gasteiger partial charge in [-0.2, -0.15) is 5.10 Å². The van der Waals surface area contributed by atoms with Gasteiger partial charge in [-0.25, -0.2) is 4.98 Å². The molecule has 0 fully saturated rings. The molecule has 0 aromatic carbocycles. The van der Waals surface area contributed by atoms with Gasteiger partial charge in [0, 0.05) is 29.5 Å². The van der Waals surface area contributed by atoms with Crippen LogP contribution in [0.15, 0.2) is 30.7 Å². The third-order valence-electron chi connectivity index (χ3n) is 2.65. The first kappa shape index (κ1) is 8.23. The normalized spacial score (nSPS) is 11.0. The van der Waals surface area contributed by atoms with Crippen LogP contribution in [0.3, 0.4) is 0 Å². The molecule has 4 heteroatoms. The number of nitrogens with zero attached hydrogens (tertiary/aromatic N) is 2. The van der Waals surface area contributed by atoms with Crippen molar-refractivity contribution in [2.75, 3.05) is 0 Å². The van der Waals surface area contributed by atoms with Crippen molar-refractivity contribution in [1.29, 1.82) is 0 Å². The summed E-state index contributed by atoms with van der Waals surface area (Å²) in [7, 11) is 0. The van der Waals surface area contributed by atoms with E-state index < -0.39 is 0 Å². The molecule has 3 heterocycles. The molecule has 0 saturated carbocycles. The number of aryl methyl sites for hydroxylation is 1. The van der Waals surface area contributed by atoms with Crippen molar-refractivity contribution in [1.82, 2.24) is 20.2 Å². The molecular formula is C11H10N4. The van der Waals surface area contributed by atoms with Crippen LogP contribution in [0.4, 0.5) is 0 Å². The largest absolute Gasteiger partial charge is 0.346 e. The molecule has 0 amide bonds. The lowest BCUT2D eigenvalue weighted by Gasteiger charge is -2.03. The van der Waals surface area contributed by atoms with Crippen LogP contribution in [0.25, 0.3) is 22.3 Å². The Morgan fingerprint density at radius 2 is 2.20 bits per heavy atom. The predicted octanol–water partition coefficient (Wildman–Crippen LogP) is 2.26. The van der Waals surface area contributed by atoms with Gasteiger partial charge >= 0.3 is 0 Å². The number of aromatic amines is 2. The molecule has 0 bridgehead atoms. The third-order valence-corrected chi connectivity index (χ3v) is 2.65. The molecule has 0 unspecified atom stereocenters. The molecule has 0 atom stereocenters. The highest BCUT2D eigenvalue weighted by molar-refractivity contribution is 5.85. The molecule has 3 aromatic rings. The summed E-state index contributed by atoms with van der Waals surface area (Å²) < 4.78 is 0. The Morgan fingerprint density at radius 1 is 1.27 bits per heavy atom. The van der Waals surface area contributed by atoms with Gasteiger partial charge in [-0.05, 0) is 24.6 Å². The lowest BCUT2D eigenvalue weighted by Crippen LogP contribution is -1.87. The van der Waals surface area contributed by atoms with Crippen molar-refractivity contribution in [3.8, 4) is 11.3 Å². The second-order valence-corrected chi connectivity index (χ2v) is 3.51. The summed E-state index contributed by atoms with van der Waals surface area (Å²) in [6, 6.07) is 3.99. The summed E-state index contributed by atoms with van der Waals surface area (Å²) in [6.07, 6.45) is 5.51.